The highest BCUT2D eigenvalue weighted by molar-refractivity contribution is 5.97. The minimum atomic E-state index is -0.547. The number of alkyl carbamates (subject to hydrolysis) is 1. The number of anilines is 3. The molecule has 11 heteroatoms. The van der Waals surface area contributed by atoms with Crippen LogP contribution in [0.5, 0.6) is 5.75 Å². The van der Waals surface area contributed by atoms with Gasteiger partial charge in [-0.1, -0.05) is 6.92 Å². The van der Waals surface area contributed by atoms with Crippen LogP contribution in [-0.4, -0.2) is 65.1 Å². The molecule has 5 N–H and O–H groups in total. The maximum atomic E-state index is 12.4. The average molecular weight is 483 g/mol. The molecular weight excluding hydrogens is 448 g/mol. The van der Waals surface area contributed by atoms with Gasteiger partial charge in [-0.2, -0.15) is 10.1 Å². The Hall–Kier alpha value is -3.76. The molecule has 1 saturated heterocycles. The SMILES string of the molecule is CNc1nc(-c2cc(OC)c3c(N)n[nH]c3c2)cc(N2C[C@H](C)C[C@@H](NC(=O)OC(C)(C)C)C2)n1. The number of nitrogens with two attached hydrogens (primary N) is 1. The lowest BCUT2D eigenvalue weighted by molar-refractivity contribution is 0.0495. The van der Waals surface area contributed by atoms with E-state index in [-0.39, 0.29) is 6.04 Å². The molecule has 2 atom stereocenters. The molecule has 11 nitrogen and oxygen atoms in total. The van der Waals surface area contributed by atoms with Crippen molar-refractivity contribution in [3.05, 3.63) is 18.2 Å². The Morgan fingerprint density at radius 2 is 2.00 bits per heavy atom. The van der Waals surface area contributed by atoms with Crippen molar-refractivity contribution < 1.29 is 14.3 Å². The molecule has 3 aromatic rings. The largest absolute Gasteiger partial charge is 0.496 e. The Morgan fingerprint density at radius 1 is 1.23 bits per heavy atom. The summed E-state index contributed by atoms with van der Waals surface area (Å²) >= 11 is 0. The minimum absolute atomic E-state index is 0.0607. The summed E-state index contributed by atoms with van der Waals surface area (Å²) in [5.41, 5.74) is 7.78. The van der Waals surface area contributed by atoms with Crippen LogP contribution >= 0.6 is 0 Å². The molecule has 1 aliphatic heterocycles. The molecule has 0 bridgehead atoms. The zero-order valence-electron chi connectivity index (χ0n) is 21.1. The predicted molar refractivity (Wildman–Crippen MR) is 137 cm³/mol. The Bertz CT molecular complexity index is 1220. The average Bonchev–Trinajstić information content (AvgIpc) is 3.17. The van der Waals surface area contributed by atoms with E-state index in [1.807, 2.05) is 39.0 Å². The number of H-pyrrole nitrogens is 1. The monoisotopic (exact) mass is 482 g/mol. The number of ether oxygens (including phenoxy) is 2. The minimum Gasteiger partial charge on any atom is -0.496 e. The number of aromatic amines is 1. The number of carbonyl (C=O) groups excluding carboxylic acids is 1. The second-order valence-electron chi connectivity index (χ2n) is 9.98. The number of methoxy groups -OCH3 is 1. The van der Waals surface area contributed by atoms with E-state index in [0.717, 1.165) is 40.9 Å². The van der Waals surface area contributed by atoms with Crippen molar-refractivity contribution in [2.45, 2.75) is 45.8 Å². The number of nitrogen functional groups attached to an aromatic ring is 1. The first-order valence-electron chi connectivity index (χ1n) is 11.7. The van der Waals surface area contributed by atoms with Gasteiger partial charge in [0, 0.05) is 31.8 Å². The molecule has 0 spiro atoms. The maximum absolute atomic E-state index is 12.4. The lowest BCUT2D eigenvalue weighted by Gasteiger charge is -2.37. The van der Waals surface area contributed by atoms with E-state index in [9.17, 15) is 4.79 Å². The summed E-state index contributed by atoms with van der Waals surface area (Å²) in [6, 6.07) is 5.72. The number of hydrogen-bond acceptors (Lipinski definition) is 9. The number of aromatic nitrogens is 4. The number of hydrogen-bond donors (Lipinski definition) is 4. The predicted octanol–water partition coefficient (Wildman–Crippen LogP) is 3.39. The summed E-state index contributed by atoms with van der Waals surface area (Å²) in [7, 11) is 3.39. The summed E-state index contributed by atoms with van der Waals surface area (Å²) in [6.45, 7) is 9.16. The van der Waals surface area contributed by atoms with E-state index < -0.39 is 11.7 Å². The summed E-state index contributed by atoms with van der Waals surface area (Å²) in [5, 5.41) is 13.9. The highest BCUT2D eigenvalue weighted by atomic mass is 16.6. The van der Waals surface area contributed by atoms with Crippen molar-refractivity contribution >= 4 is 34.6 Å². The van der Waals surface area contributed by atoms with E-state index in [0.29, 0.717) is 30.0 Å². The lowest BCUT2D eigenvalue weighted by Crippen LogP contribution is -2.51. The van der Waals surface area contributed by atoms with E-state index in [4.69, 9.17) is 20.2 Å². The van der Waals surface area contributed by atoms with Crippen LogP contribution in [0.3, 0.4) is 0 Å². The van der Waals surface area contributed by atoms with Gasteiger partial charge >= 0.3 is 6.09 Å². The summed E-state index contributed by atoms with van der Waals surface area (Å²) in [5.74, 6) is 2.61. The van der Waals surface area contributed by atoms with Gasteiger partial charge in [0.2, 0.25) is 5.95 Å². The van der Waals surface area contributed by atoms with Crippen LogP contribution in [-0.2, 0) is 4.74 Å². The van der Waals surface area contributed by atoms with Gasteiger partial charge in [0.25, 0.3) is 0 Å². The fraction of sp³-hybridized carbons (Fsp3) is 0.500. The smallest absolute Gasteiger partial charge is 0.407 e. The number of carbonyl (C=O) groups is 1. The number of amides is 1. The van der Waals surface area contributed by atoms with Crippen LogP contribution in [0, 0.1) is 5.92 Å². The van der Waals surface area contributed by atoms with Crippen molar-refractivity contribution in [1.82, 2.24) is 25.5 Å². The second kappa shape index (κ2) is 9.47. The third-order valence-electron chi connectivity index (χ3n) is 5.81. The standard InChI is InChI=1S/C24H34N8O3/c1-13-7-15(27-23(33)35-24(2,3)4)12-32(11-13)19-10-16(28-22(26-5)29-19)14-8-17-20(18(9-14)34-6)21(25)31-30-17/h8-10,13,15H,7,11-12H2,1-6H3,(H,27,33)(H3,25,30,31)(H,26,28,29)/t13-,15-/m1/s1. The van der Waals surface area contributed by atoms with Crippen molar-refractivity contribution in [2.75, 3.05) is 43.2 Å². The van der Waals surface area contributed by atoms with Crippen molar-refractivity contribution in [3.8, 4) is 17.0 Å². The Kier molecular flexibility index (Phi) is 6.60. The van der Waals surface area contributed by atoms with E-state index in [2.05, 4.69) is 37.6 Å². The Labute approximate surface area is 204 Å². The molecule has 0 aliphatic carbocycles. The number of benzene rings is 1. The molecule has 1 aliphatic rings. The molecule has 1 aromatic carbocycles. The van der Waals surface area contributed by atoms with Gasteiger partial charge < -0.3 is 30.7 Å². The summed E-state index contributed by atoms with van der Waals surface area (Å²) < 4.78 is 11.0. The van der Waals surface area contributed by atoms with Crippen molar-refractivity contribution in [1.29, 1.82) is 0 Å². The zero-order valence-corrected chi connectivity index (χ0v) is 21.1. The number of fused-ring (bicyclic) bond motifs is 1. The molecule has 188 valence electrons. The lowest BCUT2D eigenvalue weighted by atomic mass is 9.96. The van der Waals surface area contributed by atoms with E-state index >= 15 is 0 Å². The van der Waals surface area contributed by atoms with Crippen molar-refractivity contribution in [2.24, 2.45) is 5.92 Å². The molecule has 1 fully saturated rings. The quantitative estimate of drug-likeness (QED) is 0.430. The molecule has 0 radical (unpaired) electrons. The van der Waals surface area contributed by atoms with Crippen LogP contribution in [0.15, 0.2) is 18.2 Å². The summed E-state index contributed by atoms with van der Waals surface area (Å²) in [4.78, 5) is 23.9. The Balaban J connectivity index is 1.65. The van der Waals surface area contributed by atoms with Gasteiger partial charge in [-0.3, -0.25) is 5.10 Å². The second-order valence-corrected chi connectivity index (χ2v) is 9.98. The highest BCUT2D eigenvalue weighted by Crippen LogP contribution is 2.35. The third-order valence-corrected chi connectivity index (χ3v) is 5.81. The van der Waals surface area contributed by atoms with Gasteiger partial charge in [0.15, 0.2) is 5.82 Å². The number of rotatable bonds is 5. The topological polar surface area (TPSA) is 143 Å². The first-order chi connectivity index (χ1) is 16.6. The third kappa shape index (κ3) is 5.50. The number of nitrogens with zero attached hydrogens (tertiary/aromatic N) is 4. The zero-order chi connectivity index (χ0) is 25.3. The number of nitrogens with one attached hydrogen (secondary N) is 3. The number of piperidine rings is 1. The maximum Gasteiger partial charge on any atom is 0.407 e. The molecule has 0 unspecified atom stereocenters. The fourth-order valence-corrected chi connectivity index (χ4v) is 4.43. The van der Waals surface area contributed by atoms with E-state index in [1.165, 1.54) is 0 Å². The molecule has 35 heavy (non-hydrogen) atoms. The van der Waals surface area contributed by atoms with Crippen LogP contribution in [0.25, 0.3) is 22.2 Å². The molecule has 3 heterocycles. The van der Waals surface area contributed by atoms with Crippen molar-refractivity contribution in [3.63, 3.8) is 0 Å². The molecule has 4 rings (SSSR count). The first-order valence-corrected chi connectivity index (χ1v) is 11.7. The van der Waals surface area contributed by atoms with Crippen LogP contribution in [0.1, 0.15) is 34.1 Å². The van der Waals surface area contributed by atoms with Gasteiger partial charge in [-0.15, -0.1) is 0 Å². The van der Waals surface area contributed by atoms with Gasteiger partial charge in [-0.25, -0.2) is 9.78 Å². The van der Waals surface area contributed by atoms with Gasteiger partial charge in [0.1, 0.15) is 17.2 Å². The molecular formula is C24H34N8O3. The van der Waals surface area contributed by atoms with Crippen LogP contribution in [0.4, 0.5) is 22.4 Å². The normalized spacial score (nSPS) is 18.4. The van der Waals surface area contributed by atoms with Gasteiger partial charge in [0.05, 0.1) is 29.7 Å². The van der Waals surface area contributed by atoms with Crippen LogP contribution in [0.2, 0.25) is 0 Å². The summed E-state index contributed by atoms with van der Waals surface area (Å²) in [6.07, 6.45) is 0.455. The fourth-order valence-electron chi connectivity index (χ4n) is 4.43. The van der Waals surface area contributed by atoms with Crippen LogP contribution < -0.4 is 26.0 Å². The molecule has 1 amide bonds. The first kappa shape index (κ1) is 24.4. The molecule has 2 aromatic heterocycles. The molecule has 0 saturated carbocycles. The van der Waals surface area contributed by atoms with E-state index in [1.54, 1.807) is 14.2 Å². The Morgan fingerprint density at radius 3 is 2.69 bits per heavy atom. The highest BCUT2D eigenvalue weighted by Gasteiger charge is 2.29. The van der Waals surface area contributed by atoms with Gasteiger partial charge in [-0.05, 0) is 45.2 Å².